The summed E-state index contributed by atoms with van der Waals surface area (Å²) < 4.78 is 5.41. The molecule has 26 heavy (non-hydrogen) atoms. The Labute approximate surface area is 160 Å². The molecule has 6 heteroatoms. The van der Waals surface area contributed by atoms with E-state index in [0.717, 1.165) is 5.75 Å². The Morgan fingerprint density at radius 2 is 1.88 bits per heavy atom. The van der Waals surface area contributed by atoms with Gasteiger partial charge in [0.15, 0.2) is 0 Å². The second kappa shape index (κ2) is 9.11. The molecule has 1 amide bonds. The monoisotopic (exact) mass is 381 g/mol. The highest BCUT2D eigenvalue weighted by molar-refractivity contribution is 7.98. The maximum absolute atomic E-state index is 12.2. The van der Waals surface area contributed by atoms with Crippen molar-refractivity contribution in [2.24, 2.45) is 5.41 Å². The molecular formula is C20H31NO4S. The van der Waals surface area contributed by atoms with E-state index >= 15 is 0 Å². The van der Waals surface area contributed by atoms with E-state index in [0.29, 0.717) is 31.7 Å². The van der Waals surface area contributed by atoms with Gasteiger partial charge in [-0.25, -0.2) is 4.79 Å². The van der Waals surface area contributed by atoms with Crippen LogP contribution in [-0.4, -0.2) is 58.4 Å². The zero-order valence-electron chi connectivity index (χ0n) is 16.0. The highest BCUT2D eigenvalue weighted by Gasteiger charge is 2.41. The molecule has 1 aromatic carbocycles. The Morgan fingerprint density at radius 3 is 2.42 bits per heavy atom. The molecule has 146 valence electrons. The zero-order valence-corrected chi connectivity index (χ0v) is 16.8. The van der Waals surface area contributed by atoms with Crippen LogP contribution in [0.4, 0.5) is 4.79 Å². The molecule has 1 aliphatic rings. The molecule has 0 saturated carbocycles. The number of amides is 1. The van der Waals surface area contributed by atoms with E-state index in [2.05, 4.69) is 12.1 Å². The van der Waals surface area contributed by atoms with Gasteiger partial charge < -0.3 is 19.8 Å². The predicted molar refractivity (Wildman–Crippen MR) is 105 cm³/mol. The highest BCUT2D eigenvalue weighted by atomic mass is 32.2. The lowest BCUT2D eigenvalue weighted by Gasteiger charge is -2.43. The highest BCUT2D eigenvalue weighted by Crippen LogP contribution is 2.36. The number of rotatable bonds is 6. The van der Waals surface area contributed by atoms with Gasteiger partial charge in [-0.1, -0.05) is 30.3 Å². The SMILES string of the molecule is CC(C)(C)OC(=O)N1CCC(CO)(C(O)CSCc2ccccc2)CC1. The van der Waals surface area contributed by atoms with Crippen LogP contribution in [0.3, 0.4) is 0 Å². The van der Waals surface area contributed by atoms with Gasteiger partial charge in [0, 0.05) is 30.0 Å². The Hall–Kier alpha value is -1.24. The Bertz CT molecular complexity index is 565. The van der Waals surface area contributed by atoms with E-state index in [1.54, 1.807) is 16.7 Å². The fraction of sp³-hybridized carbons (Fsp3) is 0.650. The van der Waals surface area contributed by atoms with Crippen LogP contribution in [0.2, 0.25) is 0 Å². The standard InChI is InChI=1S/C20H31NO4S/c1-19(2,3)25-18(24)21-11-9-20(15-22,10-12-21)17(23)14-26-13-16-7-5-4-6-8-16/h4-8,17,22-23H,9-15H2,1-3H3. The van der Waals surface area contributed by atoms with E-state index in [1.807, 2.05) is 39.0 Å². The third-order valence-corrected chi connectivity index (χ3v) is 5.91. The summed E-state index contributed by atoms with van der Waals surface area (Å²) in [6.07, 6.45) is 0.241. The van der Waals surface area contributed by atoms with Gasteiger partial charge in [-0.3, -0.25) is 0 Å². The molecule has 1 aliphatic heterocycles. The lowest BCUT2D eigenvalue weighted by molar-refractivity contribution is -0.0517. The lowest BCUT2D eigenvalue weighted by atomic mass is 9.75. The molecule has 2 N–H and O–H groups in total. The summed E-state index contributed by atoms with van der Waals surface area (Å²) in [5.74, 6) is 1.41. The topological polar surface area (TPSA) is 70.0 Å². The van der Waals surface area contributed by atoms with Crippen molar-refractivity contribution < 1.29 is 19.7 Å². The van der Waals surface area contributed by atoms with Crippen LogP contribution in [0.15, 0.2) is 30.3 Å². The number of likely N-dealkylation sites (tertiary alicyclic amines) is 1. The molecule has 0 aromatic heterocycles. The summed E-state index contributed by atoms with van der Waals surface area (Å²) in [7, 11) is 0. The number of carbonyl (C=O) groups is 1. The fourth-order valence-electron chi connectivity index (χ4n) is 3.10. The average Bonchev–Trinajstić information content (AvgIpc) is 2.61. The van der Waals surface area contributed by atoms with E-state index in [9.17, 15) is 15.0 Å². The van der Waals surface area contributed by atoms with E-state index < -0.39 is 17.1 Å². The summed E-state index contributed by atoms with van der Waals surface area (Å²) in [6.45, 7) is 6.47. The summed E-state index contributed by atoms with van der Waals surface area (Å²) in [4.78, 5) is 13.9. The molecule has 1 aromatic rings. The van der Waals surface area contributed by atoms with Gasteiger partial charge in [0.1, 0.15) is 5.60 Å². The first-order chi connectivity index (χ1) is 12.3. The molecule has 1 atom stereocenters. The quantitative estimate of drug-likeness (QED) is 0.791. The summed E-state index contributed by atoms with van der Waals surface area (Å²) in [5, 5.41) is 20.6. The second-order valence-corrected chi connectivity index (χ2v) is 9.03. The van der Waals surface area contributed by atoms with Crippen molar-refractivity contribution >= 4 is 17.9 Å². The maximum Gasteiger partial charge on any atom is 0.410 e. The van der Waals surface area contributed by atoms with Crippen LogP contribution in [0, 0.1) is 5.41 Å². The van der Waals surface area contributed by atoms with Gasteiger partial charge in [0.25, 0.3) is 0 Å². The molecule has 1 fully saturated rings. The van der Waals surface area contributed by atoms with Crippen molar-refractivity contribution in [3.05, 3.63) is 35.9 Å². The normalized spacial score (nSPS) is 18.4. The summed E-state index contributed by atoms with van der Waals surface area (Å²) in [5.41, 5.74) is 0.167. The minimum absolute atomic E-state index is 0.0672. The summed E-state index contributed by atoms with van der Waals surface area (Å²) in [6, 6.07) is 10.1. The predicted octanol–water partition coefficient (Wildman–Crippen LogP) is 3.29. The van der Waals surface area contributed by atoms with E-state index in [-0.39, 0.29) is 12.7 Å². The number of aliphatic hydroxyl groups is 2. The van der Waals surface area contributed by atoms with E-state index in [1.165, 1.54) is 5.56 Å². The number of carbonyl (C=O) groups excluding carboxylic acids is 1. The van der Waals surface area contributed by atoms with Gasteiger partial charge in [-0.2, -0.15) is 11.8 Å². The lowest BCUT2D eigenvalue weighted by Crippen LogP contribution is -2.51. The third kappa shape index (κ3) is 5.89. The van der Waals surface area contributed by atoms with Gasteiger partial charge in [0.05, 0.1) is 12.7 Å². The largest absolute Gasteiger partial charge is 0.444 e. The molecule has 2 rings (SSSR count). The van der Waals surface area contributed by atoms with Crippen molar-refractivity contribution in [1.82, 2.24) is 4.90 Å². The maximum atomic E-state index is 12.2. The van der Waals surface area contributed by atoms with Crippen LogP contribution < -0.4 is 0 Å². The van der Waals surface area contributed by atoms with Crippen LogP contribution in [-0.2, 0) is 10.5 Å². The zero-order chi connectivity index (χ0) is 19.2. The molecule has 0 bridgehead atoms. The number of aliphatic hydroxyl groups excluding tert-OH is 2. The molecule has 0 aliphatic carbocycles. The van der Waals surface area contributed by atoms with Crippen LogP contribution in [0.1, 0.15) is 39.2 Å². The number of benzene rings is 1. The number of ether oxygens (including phenoxy) is 1. The van der Waals surface area contributed by atoms with Crippen molar-refractivity contribution in [3.63, 3.8) is 0 Å². The van der Waals surface area contributed by atoms with Gasteiger partial charge >= 0.3 is 6.09 Å². The fourth-order valence-corrected chi connectivity index (χ4v) is 4.22. The van der Waals surface area contributed by atoms with Crippen LogP contribution >= 0.6 is 11.8 Å². The van der Waals surface area contributed by atoms with Gasteiger partial charge in [-0.05, 0) is 39.2 Å². The van der Waals surface area contributed by atoms with Crippen LogP contribution in [0.25, 0.3) is 0 Å². The Balaban J connectivity index is 1.84. The molecule has 5 nitrogen and oxygen atoms in total. The molecule has 1 heterocycles. The van der Waals surface area contributed by atoms with Crippen molar-refractivity contribution in [3.8, 4) is 0 Å². The molecule has 0 spiro atoms. The molecule has 1 unspecified atom stereocenters. The second-order valence-electron chi connectivity index (χ2n) is 8.00. The molecule has 0 radical (unpaired) electrons. The third-order valence-electron chi connectivity index (χ3n) is 4.82. The number of hydrogen-bond acceptors (Lipinski definition) is 5. The number of thioether (sulfide) groups is 1. The van der Waals surface area contributed by atoms with Crippen molar-refractivity contribution in [1.29, 1.82) is 0 Å². The molecular weight excluding hydrogens is 350 g/mol. The van der Waals surface area contributed by atoms with Gasteiger partial charge in [0.2, 0.25) is 0 Å². The average molecular weight is 382 g/mol. The smallest absolute Gasteiger partial charge is 0.410 e. The number of nitrogens with zero attached hydrogens (tertiary/aromatic N) is 1. The minimum atomic E-state index is -0.595. The number of piperidine rings is 1. The van der Waals surface area contributed by atoms with E-state index in [4.69, 9.17) is 4.74 Å². The van der Waals surface area contributed by atoms with Crippen LogP contribution in [0.5, 0.6) is 0 Å². The summed E-state index contributed by atoms with van der Waals surface area (Å²) >= 11 is 1.67. The Kier molecular flexibility index (Phi) is 7.38. The first-order valence-electron chi connectivity index (χ1n) is 9.14. The van der Waals surface area contributed by atoms with Gasteiger partial charge in [-0.15, -0.1) is 0 Å². The first-order valence-corrected chi connectivity index (χ1v) is 10.3. The van der Waals surface area contributed by atoms with Crippen molar-refractivity contribution in [2.45, 2.75) is 51.1 Å². The van der Waals surface area contributed by atoms with Crippen molar-refractivity contribution in [2.75, 3.05) is 25.4 Å². The minimum Gasteiger partial charge on any atom is -0.444 e. The molecule has 1 saturated heterocycles. The first kappa shape index (κ1) is 21.1. The Morgan fingerprint density at radius 1 is 1.27 bits per heavy atom. The number of hydrogen-bond donors (Lipinski definition) is 2.